The van der Waals surface area contributed by atoms with Crippen molar-refractivity contribution in [3.05, 3.63) is 29.8 Å². The van der Waals surface area contributed by atoms with E-state index in [0.717, 1.165) is 17.8 Å². The number of amides is 1. The number of ether oxygens (including phenoxy) is 1. The Bertz CT molecular complexity index is 430. The van der Waals surface area contributed by atoms with Crippen LogP contribution in [0.5, 0.6) is 0 Å². The van der Waals surface area contributed by atoms with E-state index >= 15 is 0 Å². The molecule has 2 N–H and O–H groups in total. The molecule has 4 nitrogen and oxygen atoms in total. The number of anilines is 1. The minimum atomic E-state index is -0.830. The van der Waals surface area contributed by atoms with Gasteiger partial charge in [0.2, 0.25) is 0 Å². The van der Waals surface area contributed by atoms with Gasteiger partial charge in [-0.05, 0) is 45.0 Å². The SMILES string of the molecule is CCNC(C)c1cccc(NC(=O)C(C)(C)OC)c1. The third kappa shape index (κ3) is 4.33. The summed E-state index contributed by atoms with van der Waals surface area (Å²) in [5.41, 5.74) is 1.11. The van der Waals surface area contributed by atoms with Gasteiger partial charge in [-0.3, -0.25) is 4.79 Å². The molecule has 0 saturated carbocycles. The lowest BCUT2D eigenvalue weighted by Gasteiger charge is -2.22. The molecular formula is C15H24N2O2. The van der Waals surface area contributed by atoms with Crippen LogP contribution in [0.25, 0.3) is 0 Å². The smallest absolute Gasteiger partial charge is 0.256 e. The third-order valence-corrected chi connectivity index (χ3v) is 3.21. The van der Waals surface area contributed by atoms with Crippen LogP contribution in [0.1, 0.15) is 39.3 Å². The fourth-order valence-corrected chi connectivity index (χ4v) is 1.68. The Kier molecular flexibility index (Phi) is 5.51. The molecule has 0 aromatic heterocycles. The Morgan fingerprint density at radius 1 is 1.42 bits per heavy atom. The quantitative estimate of drug-likeness (QED) is 0.830. The van der Waals surface area contributed by atoms with Gasteiger partial charge in [-0.15, -0.1) is 0 Å². The highest BCUT2D eigenvalue weighted by molar-refractivity contribution is 5.96. The van der Waals surface area contributed by atoms with Crippen LogP contribution in [0.15, 0.2) is 24.3 Å². The lowest BCUT2D eigenvalue weighted by molar-refractivity contribution is -0.133. The zero-order chi connectivity index (χ0) is 14.5. The Hall–Kier alpha value is -1.39. The number of hydrogen-bond acceptors (Lipinski definition) is 3. The fraction of sp³-hybridized carbons (Fsp3) is 0.533. The van der Waals surface area contributed by atoms with Crippen LogP contribution in [-0.2, 0) is 9.53 Å². The molecule has 0 bridgehead atoms. The number of hydrogen-bond donors (Lipinski definition) is 2. The molecule has 1 atom stereocenters. The Balaban J connectivity index is 2.80. The predicted octanol–water partition coefficient (Wildman–Crippen LogP) is 2.72. The molecule has 0 saturated heterocycles. The molecular weight excluding hydrogens is 240 g/mol. The molecule has 0 aliphatic carbocycles. The molecule has 19 heavy (non-hydrogen) atoms. The zero-order valence-corrected chi connectivity index (χ0v) is 12.4. The van der Waals surface area contributed by atoms with Gasteiger partial charge in [0.25, 0.3) is 5.91 Å². The van der Waals surface area contributed by atoms with Crippen LogP contribution in [0, 0.1) is 0 Å². The van der Waals surface area contributed by atoms with Crippen molar-refractivity contribution in [1.29, 1.82) is 0 Å². The Morgan fingerprint density at radius 2 is 2.11 bits per heavy atom. The maximum absolute atomic E-state index is 12.0. The van der Waals surface area contributed by atoms with Crippen molar-refractivity contribution >= 4 is 11.6 Å². The van der Waals surface area contributed by atoms with E-state index in [4.69, 9.17) is 4.74 Å². The molecule has 4 heteroatoms. The molecule has 1 unspecified atom stereocenters. The molecule has 0 radical (unpaired) electrons. The molecule has 0 aliphatic heterocycles. The summed E-state index contributed by atoms with van der Waals surface area (Å²) in [6.45, 7) is 8.57. The summed E-state index contributed by atoms with van der Waals surface area (Å²) in [4.78, 5) is 12.0. The van der Waals surface area contributed by atoms with E-state index in [-0.39, 0.29) is 11.9 Å². The van der Waals surface area contributed by atoms with Crippen LogP contribution in [0.4, 0.5) is 5.69 Å². The van der Waals surface area contributed by atoms with E-state index in [1.165, 1.54) is 7.11 Å². The van der Waals surface area contributed by atoms with Crippen LogP contribution in [0.2, 0.25) is 0 Å². The van der Waals surface area contributed by atoms with E-state index in [1.807, 2.05) is 24.3 Å². The van der Waals surface area contributed by atoms with Crippen molar-refractivity contribution in [2.45, 2.75) is 39.3 Å². The maximum atomic E-state index is 12.0. The second kappa shape index (κ2) is 6.68. The first kappa shape index (κ1) is 15.7. The monoisotopic (exact) mass is 264 g/mol. The van der Waals surface area contributed by atoms with Crippen molar-refractivity contribution in [1.82, 2.24) is 5.32 Å². The van der Waals surface area contributed by atoms with E-state index in [0.29, 0.717) is 0 Å². The van der Waals surface area contributed by atoms with Crippen molar-refractivity contribution < 1.29 is 9.53 Å². The summed E-state index contributed by atoms with van der Waals surface area (Å²) >= 11 is 0. The second-order valence-electron chi connectivity index (χ2n) is 5.07. The third-order valence-electron chi connectivity index (χ3n) is 3.21. The molecule has 1 aromatic carbocycles. The molecule has 1 rings (SSSR count). The molecule has 1 amide bonds. The molecule has 0 aliphatic rings. The summed E-state index contributed by atoms with van der Waals surface area (Å²) in [7, 11) is 1.53. The maximum Gasteiger partial charge on any atom is 0.256 e. The second-order valence-corrected chi connectivity index (χ2v) is 5.07. The molecule has 0 fully saturated rings. The van der Waals surface area contributed by atoms with Gasteiger partial charge in [0.05, 0.1) is 0 Å². The highest BCUT2D eigenvalue weighted by Gasteiger charge is 2.26. The number of nitrogens with one attached hydrogen (secondary N) is 2. The normalized spacial score (nSPS) is 13.1. The van der Waals surface area contributed by atoms with Gasteiger partial charge in [-0.25, -0.2) is 0 Å². The Morgan fingerprint density at radius 3 is 2.68 bits per heavy atom. The average Bonchev–Trinajstić information content (AvgIpc) is 2.39. The van der Waals surface area contributed by atoms with Crippen molar-refractivity contribution in [2.75, 3.05) is 19.0 Å². The van der Waals surface area contributed by atoms with E-state index in [2.05, 4.69) is 24.5 Å². The first-order valence-corrected chi connectivity index (χ1v) is 6.60. The van der Waals surface area contributed by atoms with Gasteiger partial charge in [-0.2, -0.15) is 0 Å². The molecule has 106 valence electrons. The highest BCUT2D eigenvalue weighted by atomic mass is 16.5. The summed E-state index contributed by atoms with van der Waals surface area (Å²) in [6.07, 6.45) is 0. The van der Waals surface area contributed by atoms with Gasteiger partial charge in [0.1, 0.15) is 5.60 Å². The van der Waals surface area contributed by atoms with Gasteiger partial charge >= 0.3 is 0 Å². The van der Waals surface area contributed by atoms with Crippen molar-refractivity contribution in [2.24, 2.45) is 0 Å². The lowest BCUT2D eigenvalue weighted by atomic mass is 10.1. The van der Waals surface area contributed by atoms with Gasteiger partial charge < -0.3 is 15.4 Å². The number of methoxy groups -OCH3 is 1. The van der Waals surface area contributed by atoms with Gasteiger partial charge in [0, 0.05) is 18.8 Å². The molecule has 1 aromatic rings. The molecule has 0 heterocycles. The fourth-order valence-electron chi connectivity index (χ4n) is 1.68. The number of benzene rings is 1. The minimum absolute atomic E-state index is 0.150. The van der Waals surface area contributed by atoms with Crippen LogP contribution >= 0.6 is 0 Å². The average molecular weight is 264 g/mol. The van der Waals surface area contributed by atoms with Gasteiger partial charge in [0.15, 0.2) is 0 Å². The predicted molar refractivity (Wildman–Crippen MR) is 78.3 cm³/mol. The Labute approximate surface area is 115 Å². The van der Waals surface area contributed by atoms with Crippen molar-refractivity contribution in [3.8, 4) is 0 Å². The van der Waals surface area contributed by atoms with Crippen LogP contribution < -0.4 is 10.6 Å². The summed E-state index contributed by atoms with van der Waals surface area (Å²) in [5, 5.41) is 6.23. The van der Waals surface area contributed by atoms with Crippen molar-refractivity contribution in [3.63, 3.8) is 0 Å². The largest absolute Gasteiger partial charge is 0.369 e. The number of carbonyl (C=O) groups excluding carboxylic acids is 1. The summed E-state index contributed by atoms with van der Waals surface area (Å²) in [5.74, 6) is -0.150. The lowest BCUT2D eigenvalue weighted by Crippen LogP contribution is -2.38. The summed E-state index contributed by atoms with van der Waals surface area (Å²) in [6, 6.07) is 8.11. The highest BCUT2D eigenvalue weighted by Crippen LogP contribution is 2.19. The van der Waals surface area contributed by atoms with E-state index in [9.17, 15) is 4.79 Å². The summed E-state index contributed by atoms with van der Waals surface area (Å²) < 4.78 is 5.16. The zero-order valence-electron chi connectivity index (χ0n) is 12.4. The first-order chi connectivity index (χ1) is 8.90. The van der Waals surface area contributed by atoms with E-state index in [1.54, 1.807) is 13.8 Å². The van der Waals surface area contributed by atoms with Gasteiger partial charge in [-0.1, -0.05) is 19.1 Å². The first-order valence-electron chi connectivity index (χ1n) is 6.60. The van der Waals surface area contributed by atoms with E-state index < -0.39 is 5.60 Å². The topological polar surface area (TPSA) is 50.4 Å². The standard InChI is InChI=1S/C15H24N2O2/c1-6-16-11(2)12-8-7-9-13(10-12)17-14(18)15(3,4)19-5/h7-11,16H,6H2,1-5H3,(H,17,18). The number of carbonyl (C=O) groups is 1. The minimum Gasteiger partial charge on any atom is -0.369 e. The molecule has 0 spiro atoms. The van der Waals surface area contributed by atoms with Crippen LogP contribution in [0.3, 0.4) is 0 Å². The van der Waals surface area contributed by atoms with Crippen LogP contribution in [-0.4, -0.2) is 25.2 Å². The number of rotatable bonds is 6.